The smallest absolute Gasteiger partial charge is 0.149 e. The summed E-state index contributed by atoms with van der Waals surface area (Å²) in [6, 6.07) is 0. The molecular formula is C26H50O5. The van der Waals surface area contributed by atoms with Crippen LogP contribution in [0.4, 0.5) is 0 Å². The van der Waals surface area contributed by atoms with Gasteiger partial charge >= 0.3 is 0 Å². The molecule has 0 rings (SSSR count). The van der Waals surface area contributed by atoms with Gasteiger partial charge in [-0.25, -0.2) is 0 Å². The lowest BCUT2D eigenvalue weighted by Gasteiger charge is -2.14. The normalized spacial score (nSPS) is 14.1. The maximum atomic E-state index is 9.07. The van der Waals surface area contributed by atoms with E-state index in [0.717, 1.165) is 51.4 Å². The molecule has 0 saturated carbocycles. The van der Waals surface area contributed by atoms with Gasteiger partial charge in [0.2, 0.25) is 0 Å². The molecule has 0 aromatic heterocycles. The fourth-order valence-electron chi connectivity index (χ4n) is 3.34. The molecule has 0 heterocycles. The second-order valence-electron chi connectivity index (χ2n) is 8.23. The predicted molar refractivity (Wildman–Crippen MR) is 129 cm³/mol. The van der Waals surface area contributed by atoms with Gasteiger partial charge in [0.1, 0.15) is 13.6 Å². The lowest BCUT2D eigenvalue weighted by atomic mass is 9.99. The van der Waals surface area contributed by atoms with Crippen molar-refractivity contribution in [3.63, 3.8) is 0 Å². The summed E-state index contributed by atoms with van der Waals surface area (Å²) < 4.78 is 16.6. The standard InChI is InChI=1S/C26H50O5/c1-3-5-7-9-13-25(15-11-19-27)17-21-29-23-31-24-30-22-18-26(16-12-20-28)14-10-8-6-4-2/h9-10,13-14,25-28H,3-8,11-12,15-24H2,1-2H3. The zero-order chi connectivity index (χ0) is 22.8. The predicted octanol–water partition coefficient (Wildman–Crippen LogP) is 6.00. The molecule has 0 aliphatic rings. The van der Waals surface area contributed by atoms with Crippen molar-refractivity contribution in [2.24, 2.45) is 11.8 Å². The van der Waals surface area contributed by atoms with E-state index >= 15 is 0 Å². The maximum absolute atomic E-state index is 9.07. The third-order valence-corrected chi connectivity index (χ3v) is 5.33. The van der Waals surface area contributed by atoms with Gasteiger partial charge in [-0.1, -0.05) is 63.8 Å². The van der Waals surface area contributed by atoms with Gasteiger partial charge in [-0.3, -0.25) is 0 Å². The molecule has 0 bridgehead atoms. The summed E-state index contributed by atoms with van der Waals surface area (Å²) in [7, 11) is 0. The van der Waals surface area contributed by atoms with Crippen LogP contribution < -0.4 is 0 Å². The van der Waals surface area contributed by atoms with Crippen molar-refractivity contribution in [1.82, 2.24) is 0 Å². The molecule has 2 atom stereocenters. The summed E-state index contributed by atoms with van der Waals surface area (Å²) in [5, 5.41) is 18.1. The first kappa shape index (κ1) is 30.3. The second-order valence-corrected chi connectivity index (χ2v) is 8.23. The molecule has 0 aromatic rings. The van der Waals surface area contributed by atoms with Crippen LogP contribution in [0.1, 0.15) is 90.9 Å². The van der Waals surface area contributed by atoms with E-state index in [-0.39, 0.29) is 26.8 Å². The van der Waals surface area contributed by atoms with Crippen molar-refractivity contribution in [3.05, 3.63) is 24.3 Å². The molecule has 5 heteroatoms. The molecule has 0 spiro atoms. The summed E-state index contributed by atoms with van der Waals surface area (Å²) in [5.41, 5.74) is 0. The number of aliphatic hydroxyl groups excluding tert-OH is 2. The van der Waals surface area contributed by atoms with Gasteiger partial charge < -0.3 is 24.4 Å². The zero-order valence-electron chi connectivity index (χ0n) is 20.3. The number of allylic oxidation sites excluding steroid dienone is 4. The topological polar surface area (TPSA) is 68.2 Å². The van der Waals surface area contributed by atoms with E-state index in [0.29, 0.717) is 25.0 Å². The molecule has 31 heavy (non-hydrogen) atoms. The first-order valence-corrected chi connectivity index (χ1v) is 12.6. The van der Waals surface area contributed by atoms with Gasteiger partial charge in [0, 0.05) is 26.4 Å². The van der Waals surface area contributed by atoms with Gasteiger partial charge in [0.05, 0.1) is 0 Å². The third kappa shape index (κ3) is 22.3. The number of hydrogen-bond donors (Lipinski definition) is 2. The molecular weight excluding hydrogens is 392 g/mol. The van der Waals surface area contributed by atoms with Gasteiger partial charge in [0.25, 0.3) is 0 Å². The molecule has 2 N–H and O–H groups in total. The summed E-state index contributed by atoms with van der Waals surface area (Å²) in [5.74, 6) is 0.919. The van der Waals surface area contributed by atoms with Crippen molar-refractivity contribution in [2.75, 3.05) is 40.0 Å². The first-order chi connectivity index (χ1) is 15.3. The summed E-state index contributed by atoms with van der Waals surface area (Å²) in [4.78, 5) is 0. The Morgan fingerprint density at radius 2 is 1.06 bits per heavy atom. The van der Waals surface area contributed by atoms with E-state index in [1.807, 2.05) is 0 Å². The Kier molecular flexibility index (Phi) is 24.9. The minimum Gasteiger partial charge on any atom is -0.396 e. The average molecular weight is 443 g/mol. The number of unbranched alkanes of at least 4 members (excludes halogenated alkanes) is 4. The highest BCUT2D eigenvalue weighted by molar-refractivity contribution is 4.89. The second kappa shape index (κ2) is 25.5. The van der Waals surface area contributed by atoms with E-state index in [2.05, 4.69) is 38.2 Å². The fourth-order valence-corrected chi connectivity index (χ4v) is 3.34. The van der Waals surface area contributed by atoms with Crippen LogP contribution in [0.15, 0.2) is 24.3 Å². The van der Waals surface area contributed by atoms with Crippen molar-refractivity contribution < 1.29 is 24.4 Å². The molecule has 184 valence electrons. The Bertz CT molecular complexity index is 361. The van der Waals surface area contributed by atoms with E-state index < -0.39 is 0 Å². The minimum atomic E-state index is 0.246. The molecule has 0 radical (unpaired) electrons. The molecule has 2 unspecified atom stereocenters. The van der Waals surface area contributed by atoms with Crippen molar-refractivity contribution >= 4 is 0 Å². The minimum absolute atomic E-state index is 0.246. The number of hydrogen-bond acceptors (Lipinski definition) is 5. The lowest BCUT2D eigenvalue weighted by Crippen LogP contribution is -2.10. The molecule has 5 nitrogen and oxygen atoms in total. The average Bonchev–Trinajstić information content (AvgIpc) is 2.78. The van der Waals surface area contributed by atoms with Crippen molar-refractivity contribution in [1.29, 1.82) is 0 Å². The van der Waals surface area contributed by atoms with Crippen LogP contribution in [-0.2, 0) is 14.2 Å². The Morgan fingerprint density at radius 1 is 0.613 bits per heavy atom. The molecule has 0 saturated heterocycles. The quantitative estimate of drug-likeness (QED) is 0.109. The number of ether oxygens (including phenoxy) is 3. The molecule has 0 amide bonds. The summed E-state index contributed by atoms with van der Waals surface area (Å²) in [6.07, 6.45) is 21.8. The van der Waals surface area contributed by atoms with Crippen LogP contribution in [0.25, 0.3) is 0 Å². The molecule has 0 aliphatic carbocycles. The van der Waals surface area contributed by atoms with Crippen LogP contribution in [0.3, 0.4) is 0 Å². The summed E-state index contributed by atoms with van der Waals surface area (Å²) >= 11 is 0. The number of aliphatic hydroxyl groups is 2. The zero-order valence-corrected chi connectivity index (χ0v) is 20.3. The van der Waals surface area contributed by atoms with Crippen LogP contribution in [-0.4, -0.2) is 50.2 Å². The molecule has 0 fully saturated rings. The number of rotatable bonds is 24. The van der Waals surface area contributed by atoms with E-state index in [9.17, 15) is 0 Å². The Morgan fingerprint density at radius 3 is 1.45 bits per heavy atom. The molecule has 0 aromatic carbocycles. The first-order valence-electron chi connectivity index (χ1n) is 12.6. The maximum Gasteiger partial charge on any atom is 0.149 e. The highest BCUT2D eigenvalue weighted by atomic mass is 16.7. The highest BCUT2D eigenvalue weighted by Gasteiger charge is 2.06. The Labute approximate surface area is 191 Å². The van der Waals surface area contributed by atoms with Crippen molar-refractivity contribution in [3.8, 4) is 0 Å². The highest BCUT2D eigenvalue weighted by Crippen LogP contribution is 2.15. The fraction of sp³-hybridized carbons (Fsp3) is 0.846. The van der Waals surface area contributed by atoms with Gasteiger partial charge in [-0.15, -0.1) is 0 Å². The van der Waals surface area contributed by atoms with Crippen LogP contribution in [0, 0.1) is 11.8 Å². The molecule has 0 aliphatic heterocycles. The lowest BCUT2D eigenvalue weighted by molar-refractivity contribution is -0.133. The van der Waals surface area contributed by atoms with E-state index in [4.69, 9.17) is 24.4 Å². The third-order valence-electron chi connectivity index (χ3n) is 5.33. The van der Waals surface area contributed by atoms with Gasteiger partial charge in [-0.05, 0) is 63.2 Å². The van der Waals surface area contributed by atoms with E-state index in [1.165, 1.54) is 25.7 Å². The SMILES string of the molecule is CCCCC=CC(CCCO)CCOCOCOCCC(C=CCCCC)CCCO. The largest absolute Gasteiger partial charge is 0.396 e. The Balaban J connectivity index is 3.83. The summed E-state index contributed by atoms with van der Waals surface area (Å²) in [6.45, 7) is 6.70. The van der Waals surface area contributed by atoms with Gasteiger partial charge in [0.15, 0.2) is 0 Å². The Hall–Kier alpha value is -0.720. The monoisotopic (exact) mass is 442 g/mol. The van der Waals surface area contributed by atoms with Crippen LogP contribution in [0.2, 0.25) is 0 Å². The van der Waals surface area contributed by atoms with Crippen LogP contribution >= 0.6 is 0 Å². The van der Waals surface area contributed by atoms with Crippen LogP contribution in [0.5, 0.6) is 0 Å². The van der Waals surface area contributed by atoms with E-state index in [1.54, 1.807) is 0 Å². The van der Waals surface area contributed by atoms with Gasteiger partial charge in [-0.2, -0.15) is 0 Å². The van der Waals surface area contributed by atoms with Crippen molar-refractivity contribution in [2.45, 2.75) is 90.9 Å².